The number of carbonyl (C=O) groups excluding carboxylic acids is 1. The van der Waals surface area contributed by atoms with Crippen LogP contribution in [-0.4, -0.2) is 31.2 Å². The molecule has 0 radical (unpaired) electrons. The monoisotopic (exact) mass is 499 g/mol. The number of nitrogens with zero attached hydrogens (tertiary/aromatic N) is 2. The van der Waals surface area contributed by atoms with Gasteiger partial charge in [0.1, 0.15) is 17.3 Å². The molecule has 1 aromatic heterocycles. The molecule has 12 heteroatoms. The fourth-order valence-electron chi connectivity index (χ4n) is 2.83. The summed E-state index contributed by atoms with van der Waals surface area (Å²) < 4.78 is 87.7. The fraction of sp³-hybridized carbons (Fsp3) is 0.273. The van der Waals surface area contributed by atoms with Gasteiger partial charge >= 0.3 is 6.18 Å². The van der Waals surface area contributed by atoms with Gasteiger partial charge in [0.05, 0.1) is 17.7 Å². The van der Waals surface area contributed by atoms with Crippen LogP contribution in [0.15, 0.2) is 53.4 Å². The van der Waals surface area contributed by atoms with Gasteiger partial charge in [-0.3, -0.25) is 4.79 Å². The molecule has 1 heterocycles. The number of sulfonamides is 1. The quantitative estimate of drug-likeness (QED) is 0.520. The van der Waals surface area contributed by atoms with Crippen LogP contribution in [0.1, 0.15) is 26.5 Å². The lowest BCUT2D eigenvalue weighted by Crippen LogP contribution is -2.38. The first-order valence-corrected chi connectivity index (χ1v) is 11.3. The van der Waals surface area contributed by atoms with E-state index in [0.29, 0.717) is 11.8 Å². The minimum atomic E-state index is -4.80. The van der Waals surface area contributed by atoms with Gasteiger partial charge < -0.3 is 4.74 Å². The summed E-state index contributed by atoms with van der Waals surface area (Å²) in [6.45, 7) is 4.49. The molecule has 1 N–H and O–H groups in total. The van der Waals surface area contributed by atoms with Crippen LogP contribution < -0.4 is 9.46 Å². The Morgan fingerprint density at radius 1 is 1.03 bits per heavy atom. The maximum absolute atomic E-state index is 15.0. The molecule has 0 bridgehead atoms. The second kappa shape index (κ2) is 8.75. The number of rotatable bonds is 5. The number of methoxy groups -OCH3 is 1. The molecular weight excluding hydrogens is 478 g/mol. The second-order valence-electron chi connectivity index (χ2n) is 8.35. The van der Waals surface area contributed by atoms with Gasteiger partial charge in [-0.15, -0.1) is 0 Å². The van der Waals surface area contributed by atoms with E-state index in [4.69, 9.17) is 4.74 Å². The van der Waals surface area contributed by atoms with Gasteiger partial charge in [0, 0.05) is 11.0 Å². The minimum Gasteiger partial charge on any atom is -0.497 e. The summed E-state index contributed by atoms with van der Waals surface area (Å²) in [6.07, 6.45) is -4.80. The average Bonchev–Trinajstić information content (AvgIpc) is 3.18. The summed E-state index contributed by atoms with van der Waals surface area (Å²) in [6, 6.07) is 9.31. The van der Waals surface area contributed by atoms with Crippen LogP contribution >= 0.6 is 0 Å². The summed E-state index contributed by atoms with van der Waals surface area (Å²) in [7, 11) is -2.99. The maximum atomic E-state index is 15.0. The highest BCUT2D eigenvalue weighted by molar-refractivity contribution is 7.90. The number of aromatic nitrogens is 2. The molecule has 0 saturated heterocycles. The fourth-order valence-corrected chi connectivity index (χ4v) is 4.01. The van der Waals surface area contributed by atoms with Crippen molar-refractivity contribution in [1.29, 1.82) is 0 Å². The van der Waals surface area contributed by atoms with E-state index in [2.05, 4.69) is 5.10 Å². The Hall–Kier alpha value is -3.41. The number of amides is 1. The molecule has 1 amide bonds. The van der Waals surface area contributed by atoms with Gasteiger partial charge in [0.25, 0.3) is 10.0 Å². The van der Waals surface area contributed by atoms with Gasteiger partial charge in [-0.2, -0.15) is 18.3 Å². The third-order valence-corrected chi connectivity index (χ3v) is 6.08. The van der Waals surface area contributed by atoms with Crippen molar-refractivity contribution < 1.29 is 35.5 Å². The molecule has 0 fully saturated rings. The molecular formula is C22H21F4N3O4S. The van der Waals surface area contributed by atoms with Crippen LogP contribution in [-0.2, 0) is 21.0 Å². The molecule has 0 spiro atoms. The van der Waals surface area contributed by atoms with Crippen molar-refractivity contribution in [1.82, 2.24) is 14.5 Å². The van der Waals surface area contributed by atoms with Crippen molar-refractivity contribution in [3.05, 3.63) is 60.0 Å². The van der Waals surface area contributed by atoms with Crippen LogP contribution in [0.25, 0.3) is 16.9 Å². The Kier molecular flexibility index (Phi) is 6.49. The lowest BCUT2D eigenvalue weighted by molar-refractivity contribution is -0.141. The zero-order valence-electron chi connectivity index (χ0n) is 18.6. The largest absolute Gasteiger partial charge is 0.497 e. The lowest BCUT2D eigenvalue weighted by Gasteiger charge is -2.18. The summed E-state index contributed by atoms with van der Waals surface area (Å²) in [4.78, 5) is 11.5. The van der Waals surface area contributed by atoms with E-state index < -0.39 is 49.6 Å². The summed E-state index contributed by atoms with van der Waals surface area (Å²) >= 11 is 0. The van der Waals surface area contributed by atoms with Crippen molar-refractivity contribution in [2.24, 2.45) is 5.41 Å². The predicted molar refractivity (Wildman–Crippen MR) is 115 cm³/mol. The Balaban J connectivity index is 2.09. The van der Waals surface area contributed by atoms with Crippen LogP contribution in [0.4, 0.5) is 17.6 Å². The molecule has 0 unspecified atom stereocenters. The zero-order valence-corrected chi connectivity index (χ0v) is 19.4. The molecule has 182 valence electrons. The summed E-state index contributed by atoms with van der Waals surface area (Å²) in [5, 5.41) is 3.51. The highest BCUT2D eigenvalue weighted by atomic mass is 32.2. The number of alkyl halides is 3. The highest BCUT2D eigenvalue weighted by Gasteiger charge is 2.36. The van der Waals surface area contributed by atoms with Crippen LogP contribution in [0.2, 0.25) is 0 Å². The van der Waals surface area contributed by atoms with E-state index in [9.17, 15) is 26.4 Å². The maximum Gasteiger partial charge on any atom is 0.435 e. The zero-order chi connectivity index (χ0) is 25.5. The molecule has 7 nitrogen and oxygen atoms in total. The molecule has 0 saturated carbocycles. The number of hydrogen-bond donors (Lipinski definition) is 1. The SMILES string of the molecule is COc1ccc(-c2cc(C(F)(F)F)nn2-c2ccc(S(=O)(=O)NC(=O)C(C)(C)C)cc2F)cc1. The van der Waals surface area contributed by atoms with Gasteiger partial charge in [-0.05, 0) is 48.5 Å². The van der Waals surface area contributed by atoms with Crippen LogP contribution in [0.3, 0.4) is 0 Å². The van der Waals surface area contributed by atoms with Gasteiger partial charge in [0.15, 0.2) is 5.69 Å². The van der Waals surface area contributed by atoms with E-state index in [0.717, 1.165) is 22.9 Å². The normalized spacial score (nSPS) is 12.5. The van der Waals surface area contributed by atoms with Crippen molar-refractivity contribution in [2.75, 3.05) is 7.11 Å². The van der Waals surface area contributed by atoms with E-state index in [1.807, 2.05) is 4.72 Å². The third-order valence-electron chi connectivity index (χ3n) is 4.75. The van der Waals surface area contributed by atoms with Gasteiger partial charge in [-0.1, -0.05) is 20.8 Å². The number of hydrogen-bond acceptors (Lipinski definition) is 5. The topological polar surface area (TPSA) is 90.3 Å². The minimum absolute atomic E-state index is 0.0782. The Bertz CT molecular complexity index is 1330. The van der Waals surface area contributed by atoms with Crippen molar-refractivity contribution in [3.63, 3.8) is 0 Å². The second-order valence-corrected chi connectivity index (χ2v) is 10.0. The molecule has 3 rings (SSSR count). The molecule has 0 atom stereocenters. The average molecular weight is 499 g/mol. The molecule has 34 heavy (non-hydrogen) atoms. The van der Waals surface area contributed by atoms with E-state index in [1.165, 1.54) is 52.1 Å². The third kappa shape index (κ3) is 5.22. The Morgan fingerprint density at radius 2 is 1.65 bits per heavy atom. The Labute approximate surface area is 193 Å². The summed E-state index contributed by atoms with van der Waals surface area (Å²) in [5.41, 5.74) is -2.49. The molecule has 2 aromatic carbocycles. The van der Waals surface area contributed by atoms with E-state index >= 15 is 4.39 Å². The Morgan fingerprint density at radius 3 is 2.15 bits per heavy atom. The first kappa shape index (κ1) is 25.2. The predicted octanol–water partition coefficient (Wildman–Crippen LogP) is 4.56. The number of nitrogens with one attached hydrogen (secondary N) is 1. The highest BCUT2D eigenvalue weighted by Crippen LogP contribution is 2.34. The van der Waals surface area contributed by atoms with Crippen LogP contribution in [0, 0.1) is 11.2 Å². The van der Waals surface area contributed by atoms with Crippen LogP contribution in [0.5, 0.6) is 5.75 Å². The number of halogens is 4. The number of ether oxygens (including phenoxy) is 1. The smallest absolute Gasteiger partial charge is 0.435 e. The molecule has 0 aliphatic rings. The summed E-state index contributed by atoms with van der Waals surface area (Å²) in [5.74, 6) is -1.50. The number of benzene rings is 2. The first-order chi connectivity index (χ1) is 15.6. The van der Waals surface area contributed by atoms with Gasteiger partial charge in [0.2, 0.25) is 5.91 Å². The lowest BCUT2D eigenvalue weighted by atomic mass is 9.96. The standard InChI is InChI=1S/C22H21F4N3O4S/c1-21(2,3)20(30)28-34(31,32)15-9-10-17(16(23)11-15)29-18(12-19(27-29)22(24,25)26)13-5-7-14(33-4)8-6-13/h5-12H,1-4H3,(H,28,30). The molecule has 3 aromatic rings. The van der Waals surface area contributed by atoms with E-state index in [-0.39, 0.29) is 11.3 Å². The van der Waals surface area contributed by atoms with Gasteiger partial charge in [-0.25, -0.2) is 22.2 Å². The molecule has 0 aliphatic heterocycles. The van der Waals surface area contributed by atoms with E-state index in [1.54, 1.807) is 0 Å². The van der Waals surface area contributed by atoms with Crippen molar-refractivity contribution in [2.45, 2.75) is 31.8 Å². The number of carbonyl (C=O) groups is 1. The first-order valence-electron chi connectivity index (χ1n) is 9.82. The molecule has 0 aliphatic carbocycles. The van der Waals surface area contributed by atoms with Crippen molar-refractivity contribution >= 4 is 15.9 Å². The van der Waals surface area contributed by atoms with Crippen molar-refractivity contribution in [3.8, 4) is 22.7 Å².